The van der Waals surface area contributed by atoms with E-state index < -0.39 is 13.9 Å². The van der Waals surface area contributed by atoms with Gasteiger partial charge in [-0.25, -0.2) is 0 Å². The number of nitrogens with zero attached hydrogens (tertiary/aromatic N) is 1. The molecule has 0 amide bonds. The fraction of sp³-hybridized carbons (Fsp3) is 0.891. The largest absolute Gasteiger partial charge is 0.756 e. The molecule has 326 valence electrons. The quantitative estimate of drug-likeness (QED) is 0.0199. The third-order valence-corrected chi connectivity index (χ3v) is 10.9. The fourth-order valence-corrected chi connectivity index (χ4v) is 7.09. The van der Waals surface area contributed by atoms with Crippen LogP contribution in [0.2, 0.25) is 0 Å². The highest BCUT2D eigenvalue weighted by atomic mass is 31.2. The molecule has 0 rings (SSSR count). The Labute approximate surface area is 341 Å². The Morgan fingerprint density at radius 1 is 0.545 bits per heavy atom. The number of quaternary nitrogens is 1. The average molecular weight is 800 g/mol. The minimum absolute atomic E-state index is 0.0256. The molecule has 0 spiro atoms. The third-order valence-electron chi connectivity index (χ3n) is 9.98. The van der Waals surface area contributed by atoms with Crippen LogP contribution in [-0.4, -0.2) is 70.7 Å². The smallest absolute Gasteiger partial charge is 0.306 e. The second kappa shape index (κ2) is 39.8. The van der Waals surface area contributed by atoms with Gasteiger partial charge >= 0.3 is 5.97 Å². The molecular weight excluding hydrogens is 709 g/mol. The van der Waals surface area contributed by atoms with E-state index in [0.29, 0.717) is 24.1 Å². The fourth-order valence-electron chi connectivity index (χ4n) is 6.36. The molecular formula is C46H90NO7P. The highest BCUT2D eigenvalue weighted by Gasteiger charge is 2.20. The van der Waals surface area contributed by atoms with E-state index in [2.05, 4.69) is 38.2 Å². The van der Waals surface area contributed by atoms with Crippen LogP contribution in [0, 0.1) is 0 Å². The second-order valence-electron chi connectivity index (χ2n) is 16.8. The second-order valence-corrected chi connectivity index (χ2v) is 18.2. The highest BCUT2D eigenvalue weighted by Crippen LogP contribution is 2.38. The van der Waals surface area contributed by atoms with Gasteiger partial charge in [0.25, 0.3) is 7.82 Å². The predicted molar refractivity (Wildman–Crippen MR) is 231 cm³/mol. The summed E-state index contributed by atoms with van der Waals surface area (Å²) in [6.07, 6.45) is 44.8. The molecule has 0 bridgehead atoms. The molecule has 2 unspecified atom stereocenters. The molecule has 0 aromatic rings. The Hall–Kier alpha value is -1.02. The number of allylic oxidation sites excluding steroid dienone is 4. The van der Waals surface area contributed by atoms with Crippen LogP contribution in [0.5, 0.6) is 0 Å². The molecule has 0 aromatic heterocycles. The maximum Gasteiger partial charge on any atom is 0.306 e. The number of phosphoric ester groups is 1. The summed E-state index contributed by atoms with van der Waals surface area (Å²) >= 11 is 0. The highest BCUT2D eigenvalue weighted by molar-refractivity contribution is 7.45. The van der Waals surface area contributed by atoms with Gasteiger partial charge in [-0.2, -0.15) is 0 Å². The van der Waals surface area contributed by atoms with Crippen LogP contribution in [0.15, 0.2) is 24.3 Å². The molecule has 0 fully saturated rings. The topological polar surface area (TPSA) is 94.1 Å². The van der Waals surface area contributed by atoms with Crippen molar-refractivity contribution < 1.29 is 37.3 Å². The first kappa shape index (κ1) is 54.0. The summed E-state index contributed by atoms with van der Waals surface area (Å²) in [7, 11) is 1.36. The lowest BCUT2D eigenvalue weighted by Gasteiger charge is -2.28. The van der Waals surface area contributed by atoms with Gasteiger partial charge in [0.15, 0.2) is 0 Å². The maximum absolute atomic E-state index is 12.7. The molecule has 0 aliphatic carbocycles. The van der Waals surface area contributed by atoms with Crippen LogP contribution >= 0.6 is 7.82 Å². The molecule has 0 heterocycles. The summed E-state index contributed by atoms with van der Waals surface area (Å²) in [6.45, 7) is 5.40. The van der Waals surface area contributed by atoms with Crippen molar-refractivity contribution in [2.24, 2.45) is 0 Å². The van der Waals surface area contributed by atoms with E-state index in [-0.39, 0.29) is 25.8 Å². The summed E-state index contributed by atoms with van der Waals surface area (Å²) in [5.41, 5.74) is 0. The summed E-state index contributed by atoms with van der Waals surface area (Å²) in [4.78, 5) is 25.0. The Balaban J connectivity index is 4.16. The molecule has 8 nitrogen and oxygen atoms in total. The van der Waals surface area contributed by atoms with Gasteiger partial charge in [-0.3, -0.25) is 9.36 Å². The number of carbonyl (C=O) groups excluding carboxylic acids is 1. The minimum Gasteiger partial charge on any atom is -0.756 e. The number of esters is 1. The zero-order valence-electron chi connectivity index (χ0n) is 36.9. The summed E-state index contributed by atoms with van der Waals surface area (Å²) in [5.74, 6) is -0.342. The van der Waals surface area contributed by atoms with E-state index in [4.69, 9.17) is 18.5 Å². The van der Waals surface area contributed by atoms with Crippen LogP contribution in [0.1, 0.15) is 206 Å². The molecule has 0 saturated heterocycles. The van der Waals surface area contributed by atoms with Crippen LogP contribution in [0.25, 0.3) is 0 Å². The van der Waals surface area contributed by atoms with Gasteiger partial charge in [-0.05, 0) is 64.2 Å². The number of likely N-dealkylation sites (N-methyl/N-ethyl adjacent to an activating group) is 1. The lowest BCUT2D eigenvalue weighted by atomic mass is 10.1. The van der Waals surface area contributed by atoms with Crippen molar-refractivity contribution in [2.45, 2.75) is 213 Å². The number of rotatable bonds is 43. The van der Waals surface area contributed by atoms with Crippen molar-refractivity contribution in [3.63, 3.8) is 0 Å². The molecule has 0 N–H and O–H groups in total. The SMILES string of the molecule is CCCCCC/C=C\CCCCCCCC(=O)OC(COCCCCCCCCCCCC/C=C\CCCCCCCC)COP(=O)([O-])OCC[N+](C)(C)C. The predicted octanol–water partition coefficient (Wildman–Crippen LogP) is 13.0. The number of carbonyl (C=O) groups is 1. The van der Waals surface area contributed by atoms with Crippen molar-refractivity contribution in [1.82, 2.24) is 0 Å². The zero-order valence-corrected chi connectivity index (χ0v) is 37.8. The van der Waals surface area contributed by atoms with Gasteiger partial charge < -0.3 is 27.9 Å². The van der Waals surface area contributed by atoms with E-state index in [1.807, 2.05) is 21.1 Å². The molecule has 55 heavy (non-hydrogen) atoms. The molecule has 0 aliphatic rings. The summed E-state index contributed by atoms with van der Waals surface area (Å²) in [5, 5.41) is 0. The van der Waals surface area contributed by atoms with Crippen LogP contribution in [0.4, 0.5) is 0 Å². The van der Waals surface area contributed by atoms with Crippen molar-refractivity contribution >= 4 is 13.8 Å². The van der Waals surface area contributed by atoms with Crippen molar-refractivity contribution in [1.29, 1.82) is 0 Å². The molecule has 0 aromatic carbocycles. The van der Waals surface area contributed by atoms with Gasteiger partial charge in [0.2, 0.25) is 0 Å². The van der Waals surface area contributed by atoms with Gasteiger partial charge in [0.1, 0.15) is 19.3 Å². The van der Waals surface area contributed by atoms with Gasteiger partial charge in [0, 0.05) is 13.0 Å². The van der Waals surface area contributed by atoms with Gasteiger partial charge in [0.05, 0.1) is 34.4 Å². The number of ether oxygens (including phenoxy) is 2. The lowest BCUT2D eigenvalue weighted by Crippen LogP contribution is -2.37. The molecule has 0 radical (unpaired) electrons. The maximum atomic E-state index is 12.7. The first-order valence-corrected chi connectivity index (χ1v) is 24.5. The van der Waals surface area contributed by atoms with Crippen molar-refractivity contribution in [2.75, 3.05) is 54.1 Å². The average Bonchev–Trinajstić information content (AvgIpc) is 3.13. The van der Waals surface area contributed by atoms with Crippen molar-refractivity contribution in [3.05, 3.63) is 24.3 Å². The standard InChI is InChI=1S/C46H90NO7P/c1-6-8-10-12-14-16-18-20-21-22-23-24-25-26-28-30-32-34-36-38-41-51-43-45(44-53-55(49,50)52-42-40-47(3,4)5)54-46(48)39-37-35-33-31-29-27-19-17-15-13-11-9-7-2/h17,19-21,45H,6-16,18,22-44H2,1-5H3/b19-17-,21-20-. The van der Waals surface area contributed by atoms with Gasteiger partial charge in [-0.15, -0.1) is 0 Å². The zero-order chi connectivity index (χ0) is 40.6. The van der Waals surface area contributed by atoms with E-state index in [9.17, 15) is 14.3 Å². The summed E-state index contributed by atoms with van der Waals surface area (Å²) < 4.78 is 34.6. The Morgan fingerprint density at radius 3 is 1.40 bits per heavy atom. The number of hydrogen-bond donors (Lipinski definition) is 0. The third kappa shape index (κ3) is 43.9. The van der Waals surface area contributed by atoms with Gasteiger partial charge in [-0.1, -0.05) is 160 Å². The summed E-state index contributed by atoms with van der Waals surface area (Å²) in [6, 6.07) is 0. The van der Waals surface area contributed by atoms with E-state index in [0.717, 1.165) is 44.9 Å². The number of phosphoric acid groups is 1. The number of unbranched alkanes of at least 4 members (excludes halogenated alkanes) is 25. The Kier molecular flexibility index (Phi) is 39.1. The van der Waals surface area contributed by atoms with Crippen LogP contribution < -0.4 is 4.89 Å². The first-order chi connectivity index (χ1) is 26.6. The number of hydrogen-bond acceptors (Lipinski definition) is 7. The van der Waals surface area contributed by atoms with E-state index in [1.54, 1.807) is 0 Å². The van der Waals surface area contributed by atoms with E-state index >= 15 is 0 Å². The molecule has 0 aliphatic heterocycles. The first-order valence-electron chi connectivity index (χ1n) is 23.1. The van der Waals surface area contributed by atoms with Crippen molar-refractivity contribution in [3.8, 4) is 0 Å². The molecule has 9 heteroatoms. The molecule has 0 saturated carbocycles. The monoisotopic (exact) mass is 800 g/mol. The molecule has 2 atom stereocenters. The normalized spacial score (nSPS) is 13.9. The van der Waals surface area contributed by atoms with Crippen LogP contribution in [0.3, 0.4) is 0 Å². The van der Waals surface area contributed by atoms with E-state index in [1.165, 1.54) is 141 Å². The Bertz CT molecular complexity index is 936. The lowest BCUT2D eigenvalue weighted by molar-refractivity contribution is -0.870. The minimum atomic E-state index is -4.52. The Morgan fingerprint density at radius 2 is 0.945 bits per heavy atom. The van der Waals surface area contributed by atoms with Crippen LogP contribution in [-0.2, 0) is 27.9 Å².